The molecule has 0 heterocycles. The van der Waals surface area contributed by atoms with Gasteiger partial charge in [-0.3, -0.25) is 0 Å². The summed E-state index contributed by atoms with van der Waals surface area (Å²) >= 11 is 0. The number of benzene rings is 1. The third-order valence-corrected chi connectivity index (χ3v) is 4.96. The molecule has 0 saturated heterocycles. The molecule has 0 fully saturated rings. The van der Waals surface area contributed by atoms with Crippen molar-refractivity contribution in [3.8, 4) is 6.07 Å². The zero-order chi connectivity index (χ0) is 14.3. The summed E-state index contributed by atoms with van der Waals surface area (Å²) in [6.07, 6.45) is 0.709. The lowest BCUT2D eigenvalue weighted by Crippen LogP contribution is -2.35. The summed E-state index contributed by atoms with van der Waals surface area (Å²) in [5, 5.41) is 8.72. The first-order valence-electron chi connectivity index (χ1n) is 6.41. The highest BCUT2D eigenvalue weighted by atomic mass is 32.2. The van der Waals surface area contributed by atoms with Gasteiger partial charge in [0.1, 0.15) is 6.54 Å². The van der Waals surface area contributed by atoms with E-state index in [4.69, 9.17) is 5.26 Å². The van der Waals surface area contributed by atoms with E-state index in [1.54, 1.807) is 0 Å². The molecular weight excluding hydrogens is 260 g/mol. The van der Waals surface area contributed by atoms with Crippen molar-refractivity contribution in [3.63, 3.8) is 0 Å². The van der Waals surface area contributed by atoms with Crippen LogP contribution in [0.15, 0.2) is 30.3 Å². The Morgan fingerprint density at radius 2 is 1.95 bits per heavy atom. The summed E-state index contributed by atoms with van der Waals surface area (Å²) < 4.78 is 25.8. The third-order valence-electron chi connectivity index (χ3n) is 2.94. The van der Waals surface area contributed by atoms with Crippen LogP contribution < -0.4 is 0 Å². The Labute approximate surface area is 115 Å². The molecule has 5 heteroatoms. The number of rotatable bonds is 7. The van der Waals surface area contributed by atoms with Gasteiger partial charge in [0, 0.05) is 6.54 Å². The number of hydrogen-bond donors (Lipinski definition) is 0. The molecule has 0 aliphatic heterocycles. The molecule has 1 unspecified atom stereocenters. The van der Waals surface area contributed by atoms with Gasteiger partial charge in [0.2, 0.25) is 10.0 Å². The number of nitrogens with zero attached hydrogens (tertiary/aromatic N) is 2. The predicted octanol–water partition coefficient (Wildman–Crippen LogP) is 2.36. The zero-order valence-corrected chi connectivity index (χ0v) is 12.2. The summed E-state index contributed by atoms with van der Waals surface area (Å²) in [6.45, 7) is 4.12. The van der Waals surface area contributed by atoms with Crippen LogP contribution in [-0.4, -0.2) is 31.6 Å². The van der Waals surface area contributed by atoms with E-state index in [-0.39, 0.29) is 18.2 Å². The third kappa shape index (κ3) is 4.66. The van der Waals surface area contributed by atoms with Gasteiger partial charge < -0.3 is 0 Å². The van der Waals surface area contributed by atoms with Gasteiger partial charge >= 0.3 is 0 Å². The molecule has 0 spiro atoms. The molecule has 0 aromatic heterocycles. The average molecular weight is 280 g/mol. The molecule has 0 N–H and O–H groups in total. The van der Waals surface area contributed by atoms with Gasteiger partial charge in [0.15, 0.2) is 0 Å². The normalized spacial score (nSPS) is 13.2. The summed E-state index contributed by atoms with van der Waals surface area (Å²) in [6, 6.07) is 11.5. The molecule has 0 amide bonds. The van der Waals surface area contributed by atoms with Crippen LogP contribution in [-0.2, 0) is 10.0 Å². The van der Waals surface area contributed by atoms with Crippen LogP contribution in [0.2, 0.25) is 0 Å². The first kappa shape index (κ1) is 15.7. The second-order valence-electron chi connectivity index (χ2n) is 4.58. The van der Waals surface area contributed by atoms with Crippen molar-refractivity contribution in [2.45, 2.75) is 26.2 Å². The smallest absolute Gasteiger partial charge is 0.212 e. The van der Waals surface area contributed by atoms with Crippen LogP contribution in [0.4, 0.5) is 0 Å². The van der Waals surface area contributed by atoms with Crippen LogP contribution in [0.25, 0.3) is 0 Å². The van der Waals surface area contributed by atoms with Crippen molar-refractivity contribution in [1.82, 2.24) is 4.31 Å². The van der Waals surface area contributed by atoms with Crippen molar-refractivity contribution in [1.29, 1.82) is 5.26 Å². The average Bonchev–Trinajstić information content (AvgIpc) is 2.39. The van der Waals surface area contributed by atoms with Gasteiger partial charge in [0.25, 0.3) is 0 Å². The fourth-order valence-corrected chi connectivity index (χ4v) is 3.69. The van der Waals surface area contributed by atoms with Gasteiger partial charge in [-0.25, -0.2) is 8.42 Å². The molecule has 0 aliphatic carbocycles. The molecule has 19 heavy (non-hydrogen) atoms. The Morgan fingerprint density at radius 1 is 1.32 bits per heavy atom. The SMILES string of the molecule is CCCN(CC#N)S(=O)(=O)CC(C)c1ccccc1. The van der Waals surface area contributed by atoms with E-state index in [2.05, 4.69) is 0 Å². The number of sulfonamides is 1. The van der Waals surface area contributed by atoms with E-state index in [1.165, 1.54) is 4.31 Å². The van der Waals surface area contributed by atoms with E-state index < -0.39 is 10.0 Å². The highest BCUT2D eigenvalue weighted by Crippen LogP contribution is 2.18. The first-order chi connectivity index (χ1) is 9.01. The maximum Gasteiger partial charge on any atom is 0.215 e. The lowest BCUT2D eigenvalue weighted by Gasteiger charge is -2.21. The summed E-state index contributed by atoms with van der Waals surface area (Å²) in [4.78, 5) is 0. The molecule has 1 atom stereocenters. The summed E-state index contributed by atoms with van der Waals surface area (Å²) in [5.41, 5.74) is 1.000. The largest absolute Gasteiger partial charge is 0.215 e. The van der Waals surface area contributed by atoms with Gasteiger partial charge in [0.05, 0.1) is 11.8 Å². The molecule has 1 aromatic rings. The molecule has 1 rings (SSSR count). The van der Waals surface area contributed by atoms with Crippen molar-refractivity contribution < 1.29 is 8.42 Å². The fraction of sp³-hybridized carbons (Fsp3) is 0.500. The molecule has 0 aliphatic rings. The van der Waals surface area contributed by atoms with Crippen molar-refractivity contribution in [2.24, 2.45) is 0 Å². The molecule has 1 aromatic carbocycles. The van der Waals surface area contributed by atoms with Crippen LogP contribution in [0.5, 0.6) is 0 Å². The minimum Gasteiger partial charge on any atom is -0.212 e. The van der Waals surface area contributed by atoms with Crippen molar-refractivity contribution in [3.05, 3.63) is 35.9 Å². The van der Waals surface area contributed by atoms with Crippen LogP contribution in [0, 0.1) is 11.3 Å². The van der Waals surface area contributed by atoms with Crippen LogP contribution >= 0.6 is 0 Å². The van der Waals surface area contributed by atoms with Gasteiger partial charge in [-0.2, -0.15) is 9.57 Å². The van der Waals surface area contributed by atoms with Crippen molar-refractivity contribution in [2.75, 3.05) is 18.8 Å². The zero-order valence-electron chi connectivity index (χ0n) is 11.4. The molecule has 4 nitrogen and oxygen atoms in total. The molecule has 0 saturated carbocycles. The van der Waals surface area contributed by atoms with E-state index in [9.17, 15) is 8.42 Å². The van der Waals surface area contributed by atoms with Gasteiger partial charge in [-0.1, -0.05) is 44.2 Å². The minimum absolute atomic E-state index is 0.0404. The molecule has 0 bridgehead atoms. The minimum atomic E-state index is -3.38. The molecule has 104 valence electrons. The lowest BCUT2D eigenvalue weighted by atomic mass is 10.0. The van der Waals surface area contributed by atoms with Gasteiger partial charge in [-0.15, -0.1) is 0 Å². The molecule has 0 radical (unpaired) electrons. The maximum absolute atomic E-state index is 12.3. The van der Waals surface area contributed by atoms with Gasteiger partial charge in [-0.05, 0) is 17.9 Å². The van der Waals surface area contributed by atoms with E-state index in [1.807, 2.05) is 50.2 Å². The van der Waals surface area contributed by atoms with Crippen LogP contribution in [0.1, 0.15) is 31.7 Å². The Kier molecular flexibility index (Phi) is 6.00. The fourth-order valence-electron chi connectivity index (χ4n) is 1.94. The maximum atomic E-state index is 12.3. The Hall–Kier alpha value is -1.38. The topological polar surface area (TPSA) is 61.2 Å². The monoisotopic (exact) mass is 280 g/mol. The van der Waals surface area contributed by atoms with Crippen LogP contribution in [0.3, 0.4) is 0 Å². The summed E-state index contributed by atoms with van der Waals surface area (Å²) in [5.74, 6) is -0.0390. The second kappa shape index (κ2) is 7.27. The highest BCUT2D eigenvalue weighted by Gasteiger charge is 2.24. The highest BCUT2D eigenvalue weighted by molar-refractivity contribution is 7.89. The van der Waals surface area contributed by atoms with E-state index in [0.717, 1.165) is 5.56 Å². The number of nitriles is 1. The Morgan fingerprint density at radius 3 is 2.47 bits per heavy atom. The standard InChI is InChI=1S/C14H20N2O2S/c1-3-10-16(11-9-15)19(17,18)12-13(2)14-7-5-4-6-8-14/h4-8,13H,3,10-12H2,1-2H3. The first-order valence-corrected chi connectivity index (χ1v) is 8.02. The Balaban J connectivity index is 2.81. The molecular formula is C14H20N2O2S. The quantitative estimate of drug-likeness (QED) is 0.720. The lowest BCUT2D eigenvalue weighted by molar-refractivity contribution is 0.442. The van der Waals surface area contributed by atoms with Crippen molar-refractivity contribution >= 4 is 10.0 Å². The van der Waals surface area contributed by atoms with E-state index in [0.29, 0.717) is 13.0 Å². The number of hydrogen-bond acceptors (Lipinski definition) is 3. The Bertz CT molecular complexity index is 520. The predicted molar refractivity (Wildman–Crippen MR) is 76.1 cm³/mol. The van der Waals surface area contributed by atoms with E-state index >= 15 is 0 Å². The summed E-state index contributed by atoms with van der Waals surface area (Å²) in [7, 11) is -3.38. The second-order valence-corrected chi connectivity index (χ2v) is 6.60.